The number of nitrogens with one attached hydrogen (secondary N) is 1. The zero-order chi connectivity index (χ0) is 11.3. The number of hydrogen-bond donors (Lipinski definition) is 2. The largest absolute Gasteiger partial charge is 0.325 e. The maximum absolute atomic E-state index is 11.5. The summed E-state index contributed by atoms with van der Waals surface area (Å²) in [5.41, 5.74) is 6.46. The molecule has 1 aromatic carbocycles. The van der Waals surface area contributed by atoms with Crippen LogP contribution in [0.25, 0.3) is 0 Å². The first-order chi connectivity index (χ1) is 7.13. The summed E-state index contributed by atoms with van der Waals surface area (Å²) in [5, 5.41) is 2.77. The molecule has 0 saturated carbocycles. The van der Waals surface area contributed by atoms with E-state index in [4.69, 9.17) is 5.73 Å². The van der Waals surface area contributed by atoms with E-state index in [2.05, 4.69) is 21.2 Å². The first kappa shape index (κ1) is 15.4. The zero-order valence-corrected chi connectivity index (χ0v) is 11.5. The summed E-state index contributed by atoms with van der Waals surface area (Å²) in [6.07, 6.45) is 1.62. The number of rotatable bonds is 4. The second-order valence-corrected chi connectivity index (χ2v) is 4.31. The van der Waals surface area contributed by atoms with Gasteiger partial charge in [-0.15, -0.1) is 12.4 Å². The van der Waals surface area contributed by atoms with Gasteiger partial charge < -0.3 is 11.1 Å². The van der Waals surface area contributed by atoms with E-state index in [9.17, 15) is 4.79 Å². The fraction of sp³-hybridized carbons (Fsp3) is 0.364. The second kappa shape index (κ2) is 7.65. The molecule has 0 saturated heterocycles. The minimum Gasteiger partial charge on any atom is -0.325 e. The van der Waals surface area contributed by atoms with Gasteiger partial charge in [0.05, 0.1) is 6.04 Å². The molecule has 0 radical (unpaired) electrons. The molecule has 0 bridgehead atoms. The van der Waals surface area contributed by atoms with Crippen LogP contribution in [-0.4, -0.2) is 11.9 Å². The first-order valence-electron chi connectivity index (χ1n) is 4.95. The highest BCUT2D eigenvalue weighted by molar-refractivity contribution is 9.10. The predicted molar refractivity (Wildman–Crippen MR) is 72.9 cm³/mol. The number of amides is 1. The summed E-state index contributed by atoms with van der Waals surface area (Å²) >= 11 is 3.33. The van der Waals surface area contributed by atoms with E-state index in [1.807, 2.05) is 31.2 Å². The van der Waals surface area contributed by atoms with Crippen molar-refractivity contribution in [2.24, 2.45) is 5.73 Å². The topological polar surface area (TPSA) is 55.1 Å². The molecule has 0 aromatic heterocycles. The van der Waals surface area contributed by atoms with Crippen molar-refractivity contribution in [3.8, 4) is 0 Å². The normalized spacial score (nSPS) is 11.4. The summed E-state index contributed by atoms with van der Waals surface area (Å²) in [4.78, 5) is 11.5. The summed E-state index contributed by atoms with van der Waals surface area (Å²) in [6.45, 7) is 2.01. The maximum atomic E-state index is 11.5. The van der Waals surface area contributed by atoms with E-state index in [0.29, 0.717) is 6.42 Å². The van der Waals surface area contributed by atoms with Crippen LogP contribution >= 0.6 is 28.3 Å². The number of carbonyl (C=O) groups excluding carboxylic acids is 1. The van der Waals surface area contributed by atoms with E-state index >= 15 is 0 Å². The predicted octanol–water partition coefficient (Wildman–Crippen LogP) is 2.94. The molecule has 0 spiro atoms. The summed E-state index contributed by atoms with van der Waals surface area (Å²) in [7, 11) is 0. The molecule has 1 rings (SSSR count). The number of anilines is 1. The lowest BCUT2D eigenvalue weighted by Crippen LogP contribution is -2.35. The first-order valence-corrected chi connectivity index (χ1v) is 5.74. The Bertz CT molecular complexity index is 329. The van der Waals surface area contributed by atoms with Gasteiger partial charge in [-0.3, -0.25) is 4.79 Å². The van der Waals surface area contributed by atoms with Crippen molar-refractivity contribution in [3.63, 3.8) is 0 Å². The SMILES string of the molecule is CCCC(N)C(=O)Nc1ccc(Br)cc1.Cl. The van der Waals surface area contributed by atoms with Crippen LogP contribution in [0.2, 0.25) is 0 Å². The molecule has 16 heavy (non-hydrogen) atoms. The third kappa shape index (κ3) is 4.96. The molecule has 0 heterocycles. The maximum Gasteiger partial charge on any atom is 0.241 e. The Kier molecular flexibility index (Phi) is 7.38. The van der Waals surface area contributed by atoms with Crippen LogP contribution in [0.15, 0.2) is 28.7 Å². The minimum absolute atomic E-state index is 0. The Morgan fingerprint density at radius 2 is 2.00 bits per heavy atom. The van der Waals surface area contributed by atoms with Gasteiger partial charge >= 0.3 is 0 Å². The van der Waals surface area contributed by atoms with E-state index in [0.717, 1.165) is 16.6 Å². The molecule has 1 atom stereocenters. The lowest BCUT2D eigenvalue weighted by molar-refractivity contribution is -0.117. The van der Waals surface area contributed by atoms with Gasteiger partial charge in [0.1, 0.15) is 0 Å². The standard InChI is InChI=1S/C11H15BrN2O.ClH/c1-2-3-10(13)11(15)14-9-6-4-8(12)5-7-9;/h4-7,10H,2-3,13H2,1H3,(H,14,15);1H. The van der Waals surface area contributed by atoms with Gasteiger partial charge in [0.2, 0.25) is 5.91 Å². The monoisotopic (exact) mass is 306 g/mol. The van der Waals surface area contributed by atoms with Crippen LogP contribution in [0.4, 0.5) is 5.69 Å². The van der Waals surface area contributed by atoms with Crippen LogP contribution in [0.3, 0.4) is 0 Å². The Morgan fingerprint density at radius 1 is 1.44 bits per heavy atom. The molecule has 0 fully saturated rings. The van der Waals surface area contributed by atoms with Crippen molar-refractivity contribution < 1.29 is 4.79 Å². The van der Waals surface area contributed by atoms with Crippen molar-refractivity contribution in [1.29, 1.82) is 0 Å². The third-order valence-electron chi connectivity index (χ3n) is 2.05. The zero-order valence-electron chi connectivity index (χ0n) is 9.07. The van der Waals surface area contributed by atoms with E-state index in [-0.39, 0.29) is 18.3 Å². The van der Waals surface area contributed by atoms with E-state index < -0.39 is 6.04 Å². The minimum atomic E-state index is -0.418. The smallest absolute Gasteiger partial charge is 0.241 e. The second-order valence-electron chi connectivity index (χ2n) is 3.39. The van der Waals surface area contributed by atoms with Crippen LogP contribution in [-0.2, 0) is 4.79 Å². The lowest BCUT2D eigenvalue weighted by atomic mass is 10.1. The average molecular weight is 308 g/mol. The van der Waals surface area contributed by atoms with Crippen molar-refractivity contribution in [2.45, 2.75) is 25.8 Å². The lowest BCUT2D eigenvalue weighted by Gasteiger charge is -2.10. The van der Waals surface area contributed by atoms with Gasteiger partial charge in [0, 0.05) is 10.2 Å². The molecule has 1 aromatic rings. The Morgan fingerprint density at radius 3 is 2.50 bits per heavy atom. The van der Waals surface area contributed by atoms with E-state index in [1.165, 1.54) is 0 Å². The highest BCUT2D eigenvalue weighted by Gasteiger charge is 2.11. The molecular weight excluding hydrogens is 291 g/mol. The molecular formula is C11H16BrClN2O. The fourth-order valence-corrected chi connectivity index (χ4v) is 1.47. The highest BCUT2D eigenvalue weighted by atomic mass is 79.9. The Balaban J connectivity index is 0.00000225. The number of carbonyl (C=O) groups is 1. The Hall–Kier alpha value is -0.580. The molecule has 1 unspecified atom stereocenters. The molecule has 0 aliphatic heterocycles. The fourth-order valence-electron chi connectivity index (χ4n) is 1.21. The molecule has 0 aliphatic rings. The van der Waals surface area contributed by atoms with Crippen LogP contribution in [0.1, 0.15) is 19.8 Å². The van der Waals surface area contributed by atoms with Crippen molar-refractivity contribution >= 4 is 39.9 Å². The molecule has 3 N–H and O–H groups in total. The van der Waals surface area contributed by atoms with Gasteiger partial charge in [0.25, 0.3) is 0 Å². The molecule has 5 heteroatoms. The Labute approximate surface area is 110 Å². The van der Waals surface area contributed by atoms with Crippen molar-refractivity contribution in [1.82, 2.24) is 0 Å². The summed E-state index contributed by atoms with van der Waals surface area (Å²) < 4.78 is 0.985. The number of hydrogen-bond acceptors (Lipinski definition) is 2. The summed E-state index contributed by atoms with van der Waals surface area (Å²) in [5.74, 6) is -0.126. The number of halogens is 2. The van der Waals surface area contributed by atoms with Gasteiger partial charge in [-0.1, -0.05) is 29.3 Å². The van der Waals surface area contributed by atoms with Crippen LogP contribution in [0.5, 0.6) is 0 Å². The molecule has 0 aliphatic carbocycles. The summed E-state index contributed by atoms with van der Waals surface area (Å²) in [6, 6.07) is 7.00. The highest BCUT2D eigenvalue weighted by Crippen LogP contribution is 2.14. The van der Waals surface area contributed by atoms with Gasteiger partial charge in [-0.2, -0.15) is 0 Å². The third-order valence-corrected chi connectivity index (χ3v) is 2.58. The van der Waals surface area contributed by atoms with Crippen molar-refractivity contribution in [3.05, 3.63) is 28.7 Å². The van der Waals surface area contributed by atoms with Crippen LogP contribution in [0, 0.1) is 0 Å². The van der Waals surface area contributed by atoms with Gasteiger partial charge in [0.15, 0.2) is 0 Å². The average Bonchev–Trinajstić information content (AvgIpc) is 2.22. The molecule has 90 valence electrons. The van der Waals surface area contributed by atoms with Crippen LogP contribution < -0.4 is 11.1 Å². The number of nitrogens with two attached hydrogens (primary N) is 1. The van der Waals surface area contributed by atoms with Gasteiger partial charge in [-0.05, 0) is 30.7 Å². The van der Waals surface area contributed by atoms with Crippen molar-refractivity contribution in [2.75, 3.05) is 5.32 Å². The van der Waals surface area contributed by atoms with Gasteiger partial charge in [-0.25, -0.2) is 0 Å². The quantitative estimate of drug-likeness (QED) is 0.898. The molecule has 1 amide bonds. The molecule has 3 nitrogen and oxygen atoms in total. The number of benzene rings is 1. The van der Waals surface area contributed by atoms with E-state index in [1.54, 1.807) is 0 Å².